The summed E-state index contributed by atoms with van der Waals surface area (Å²) in [6, 6.07) is 24.6. The molecule has 3 aromatic rings. The van der Waals surface area contributed by atoms with Crippen molar-refractivity contribution < 1.29 is 9.47 Å². The van der Waals surface area contributed by atoms with E-state index in [1.807, 2.05) is 48.5 Å². The molecule has 0 heterocycles. The molecule has 0 aromatic heterocycles. The fourth-order valence-electron chi connectivity index (χ4n) is 4.88. The summed E-state index contributed by atoms with van der Waals surface area (Å²) in [5.41, 5.74) is 17.5. The molecule has 6 N–H and O–H groups in total. The number of benzene rings is 3. The third-order valence-corrected chi connectivity index (χ3v) is 7.31. The van der Waals surface area contributed by atoms with Crippen LogP contribution in [0.15, 0.2) is 96.6 Å². The average molecular weight is 555 g/mol. The van der Waals surface area contributed by atoms with Gasteiger partial charge in [-0.1, -0.05) is 86.2 Å². The van der Waals surface area contributed by atoms with Crippen LogP contribution in [0.1, 0.15) is 42.5 Å². The fraction of sp³-hybridized carbons (Fsp3) is 0.371. The summed E-state index contributed by atoms with van der Waals surface area (Å²) in [7, 11) is 0. The first-order valence-electron chi connectivity index (χ1n) is 14.6. The summed E-state index contributed by atoms with van der Waals surface area (Å²) in [6.45, 7) is 10.5. The Morgan fingerprint density at radius 1 is 0.756 bits per heavy atom. The molecule has 3 aromatic carbocycles. The van der Waals surface area contributed by atoms with Crippen molar-refractivity contribution in [1.82, 2.24) is 10.6 Å². The standard InChI is InChI=1S/C35H46N4O2/c1-35(2,25-38-21-29-5-3-7-31(17-29)23-40-33-13-9-27(19-36)10-14-33)26-39-22-30-6-4-8-32(18-30)24-41-34-15-11-28(20-37)12-16-34/h3-17,32,38-39H,18-26,36-37H2,1-2H3. The van der Waals surface area contributed by atoms with Crippen LogP contribution in [-0.2, 0) is 26.2 Å². The fourth-order valence-corrected chi connectivity index (χ4v) is 4.88. The highest BCUT2D eigenvalue weighted by Gasteiger charge is 2.18. The van der Waals surface area contributed by atoms with Gasteiger partial charge in [0.05, 0.1) is 6.61 Å². The maximum absolute atomic E-state index is 6.02. The topological polar surface area (TPSA) is 94.6 Å². The van der Waals surface area contributed by atoms with Gasteiger partial charge in [0.2, 0.25) is 0 Å². The van der Waals surface area contributed by atoms with E-state index in [-0.39, 0.29) is 5.41 Å². The predicted molar refractivity (Wildman–Crippen MR) is 169 cm³/mol. The van der Waals surface area contributed by atoms with Gasteiger partial charge in [0.25, 0.3) is 0 Å². The number of hydrogen-bond acceptors (Lipinski definition) is 6. The Balaban J connectivity index is 1.13. The normalized spacial score (nSPS) is 15.0. The maximum Gasteiger partial charge on any atom is 0.119 e. The zero-order valence-electron chi connectivity index (χ0n) is 24.6. The van der Waals surface area contributed by atoms with Gasteiger partial charge < -0.3 is 31.6 Å². The highest BCUT2D eigenvalue weighted by Crippen LogP contribution is 2.21. The van der Waals surface area contributed by atoms with Crippen molar-refractivity contribution in [2.75, 3.05) is 26.2 Å². The summed E-state index contributed by atoms with van der Waals surface area (Å²) < 4.78 is 12.0. The lowest BCUT2D eigenvalue weighted by Crippen LogP contribution is -2.38. The molecule has 0 spiro atoms. The summed E-state index contributed by atoms with van der Waals surface area (Å²) in [6.07, 6.45) is 7.65. The van der Waals surface area contributed by atoms with Crippen LogP contribution in [0.3, 0.4) is 0 Å². The van der Waals surface area contributed by atoms with Gasteiger partial charge in [0.15, 0.2) is 0 Å². The lowest BCUT2D eigenvalue weighted by Gasteiger charge is -2.27. The molecule has 0 aliphatic heterocycles. The van der Waals surface area contributed by atoms with Crippen molar-refractivity contribution >= 4 is 0 Å². The van der Waals surface area contributed by atoms with Gasteiger partial charge >= 0.3 is 0 Å². The number of rotatable bonds is 16. The van der Waals surface area contributed by atoms with Crippen LogP contribution >= 0.6 is 0 Å². The molecular formula is C35H46N4O2. The Labute approximate surface area is 245 Å². The molecule has 0 fully saturated rings. The average Bonchev–Trinajstić information content (AvgIpc) is 3.00. The molecule has 0 radical (unpaired) electrons. The van der Waals surface area contributed by atoms with Gasteiger partial charge in [-0.3, -0.25) is 0 Å². The Morgan fingerprint density at radius 2 is 1.37 bits per heavy atom. The van der Waals surface area contributed by atoms with Gasteiger partial charge in [-0.25, -0.2) is 0 Å². The molecule has 6 nitrogen and oxygen atoms in total. The van der Waals surface area contributed by atoms with Crippen LogP contribution in [0.5, 0.6) is 11.5 Å². The molecule has 218 valence electrons. The second kappa shape index (κ2) is 15.5. The second-order valence-electron chi connectivity index (χ2n) is 11.7. The first-order chi connectivity index (χ1) is 19.9. The highest BCUT2D eigenvalue weighted by molar-refractivity contribution is 5.29. The van der Waals surface area contributed by atoms with Gasteiger partial charge in [0.1, 0.15) is 18.1 Å². The van der Waals surface area contributed by atoms with Crippen molar-refractivity contribution in [3.05, 3.63) is 119 Å². The van der Waals surface area contributed by atoms with Crippen molar-refractivity contribution in [2.45, 2.75) is 46.5 Å². The largest absolute Gasteiger partial charge is 0.493 e. The second-order valence-corrected chi connectivity index (χ2v) is 11.7. The molecule has 41 heavy (non-hydrogen) atoms. The van der Waals surface area contributed by atoms with Gasteiger partial charge in [-0.15, -0.1) is 0 Å². The van der Waals surface area contributed by atoms with E-state index in [2.05, 4.69) is 67.0 Å². The summed E-state index contributed by atoms with van der Waals surface area (Å²) >= 11 is 0. The van der Waals surface area contributed by atoms with E-state index in [9.17, 15) is 0 Å². The maximum atomic E-state index is 6.02. The molecule has 0 saturated heterocycles. The summed E-state index contributed by atoms with van der Waals surface area (Å²) in [4.78, 5) is 0. The van der Waals surface area contributed by atoms with Crippen LogP contribution in [0, 0.1) is 11.3 Å². The molecule has 0 amide bonds. The van der Waals surface area contributed by atoms with Gasteiger partial charge in [-0.2, -0.15) is 0 Å². The minimum Gasteiger partial charge on any atom is -0.493 e. The predicted octanol–water partition coefficient (Wildman–Crippen LogP) is 5.47. The quantitative estimate of drug-likeness (QED) is 0.188. The third kappa shape index (κ3) is 10.5. The summed E-state index contributed by atoms with van der Waals surface area (Å²) in [5, 5.41) is 7.33. The van der Waals surface area contributed by atoms with Gasteiger partial charge in [-0.05, 0) is 58.4 Å². The number of ether oxygens (including phenoxy) is 2. The van der Waals surface area contributed by atoms with Crippen LogP contribution < -0.4 is 31.6 Å². The van der Waals surface area contributed by atoms with Crippen LogP contribution in [0.4, 0.5) is 0 Å². The Bertz CT molecular complexity index is 1270. The lowest BCUT2D eigenvalue weighted by atomic mass is 9.92. The SMILES string of the molecule is CC(C)(CNCC1=CC=CC(COc2ccc(CN)cc2)C1)CNCc1cccc(COc2ccc(CN)cc2)c1. The number of allylic oxidation sites excluding steroid dienone is 2. The number of nitrogens with one attached hydrogen (secondary N) is 2. The van der Waals surface area contributed by atoms with E-state index >= 15 is 0 Å². The van der Waals surface area contributed by atoms with Crippen LogP contribution in [0.25, 0.3) is 0 Å². The van der Waals surface area contributed by atoms with E-state index in [0.29, 0.717) is 32.2 Å². The van der Waals surface area contributed by atoms with Crippen molar-refractivity contribution in [3.63, 3.8) is 0 Å². The molecule has 1 atom stereocenters. The minimum atomic E-state index is 0.125. The highest BCUT2D eigenvalue weighted by atomic mass is 16.5. The first kappa shape index (κ1) is 30.5. The zero-order chi connectivity index (χ0) is 28.9. The third-order valence-electron chi connectivity index (χ3n) is 7.31. The minimum absolute atomic E-state index is 0.125. The van der Waals surface area contributed by atoms with Crippen molar-refractivity contribution in [3.8, 4) is 11.5 Å². The molecule has 1 aliphatic carbocycles. The number of nitrogens with two attached hydrogens (primary N) is 2. The monoisotopic (exact) mass is 554 g/mol. The lowest BCUT2D eigenvalue weighted by molar-refractivity contribution is 0.272. The van der Waals surface area contributed by atoms with Crippen molar-refractivity contribution in [2.24, 2.45) is 22.8 Å². The zero-order valence-corrected chi connectivity index (χ0v) is 24.6. The van der Waals surface area contributed by atoms with Crippen LogP contribution in [0.2, 0.25) is 0 Å². The molecule has 1 aliphatic rings. The molecule has 0 saturated carbocycles. The summed E-state index contributed by atoms with van der Waals surface area (Å²) in [5.74, 6) is 2.14. The molecule has 1 unspecified atom stereocenters. The Morgan fingerprint density at radius 3 is 2.02 bits per heavy atom. The van der Waals surface area contributed by atoms with E-state index in [0.717, 1.165) is 60.8 Å². The van der Waals surface area contributed by atoms with E-state index in [1.165, 1.54) is 11.1 Å². The van der Waals surface area contributed by atoms with Crippen molar-refractivity contribution in [1.29, 1.82) is 0 Å². The molecule has 4 rings (SSSR count). The van der Waals surface area contributed by atoms with E-state index in [1.54, 1.807) is 0 Å². The molecule has 6 heteroatoms. The Kier molecular flexibility index (Phi) is 11.6. The van der Waals surface area contributed by atoms with E-state index < -0.39 is 0 Å². The smallest absolute Gasteiger partial charge is 0.119 e. The van der Waals surface area contributed by atoms with Gasteiger partial charge in [0, 0.05) is 45.2 Å². The van der Waals surface area contributed by atoms with E-state index in [4.69, 9.17) is 20.9 Å². The van der Waals surface area contributed by atoms with Crippen LogP contribution in [-0.4, -0.2) is 26.2 Å². The first-order valence-corrected chi connectivity index (χ1v) is 14.6. The molecule has 0 bridgehead atoms. The number of hydrogen-bond donors (Lipinski definition) is 4. The molecular weight excluding hydrogens is 508 g/mol. The Hall–Kier alpha value is -3.42.